The second-order valence-corrected chi connectivity index (χ2v) is 4.38. The van der Waals surface area contributed by atoms with Gasteiger partial charge in [-0.3, -0.25) is 9.59 Å². The molecule has 20 heavy (non-hydrogen) atoms. The first-order valence-corrected chi connectivity index (χ1v) is 6.13. The molecule has 0 aliphatic carbocycles. The Hall–Kier alpha value is -1.83. The Kier molecular flexibility index (Phi) is 6.23. The van der Waals surface area contributed by atoms with E-state index in [-0.39, 0.29) is 12.5 Å². The first-order chi connectivity index (χ1) is 9.47. The zero-order valence-corrected chi connectivity index (χ0v) is 11.7. The maximum Gasteiger partial charge on any atom is 0.303 e. The highest BCUT2D eigenvalue weighted by Gasteiger charge is 2.42. The highest BCUT2D eigenvalue weighted by Crippen LogP contribution is 2.24. The van der Waals surface area contributed by atoms with Crippen LogP contribution in [-0.4, -0.2) is 50.1 Å². The lowest BCUT2D eigenvalue weighted by Crippen LogP contribution is -2.58. The lowest BCUT2D eigenvalue weighted by Gasteiger charge is -2.39. The summed E-state index contributed by atoms with van der Waals surface area (Å²) in [4.78, 5) is 25.4. The Bertz CT molecular complexity index is 396. The van der Waals surface area contributed by atoms with Crippen molar-refractivity contribution < 1.29 is 23.8 Å². The van der Waals surface area contributed by atoms with E-state index >= 15 is 0 Å². The van der Waals surface area contributed by atoms with E-state index in [4.69, 9.17) is 19.7 Å². The predicted octanol–water partition coefficient (Wildman–Crippen LogP) is -0.265. The van der Waals surface area contributed by atoms with Gasteiger partial charge in [0, 0.05) is 27.4 Å². The van der Waals surface area contributed by atoms with Gasteiger partial charge in [0.2, 0.25) is 10.8 Å². The molecule has 1 rings (SSSR count). The molecule has 1 heterocycles. The number of ether oxygens (including phenoxy) is 3. The standard InChI is InChI=1S/C11H18N4O5/c1-6(16)14-8-4-10(18-3)20-9(5-13-15-12)11(8)19-7(2)17/h8-12H,4-5H2,1-3H3/p+1. The van der Waals surface area contributed by atoms with Crippen molar-refractivity contribution in [2.45, 2.75) is 44.8 Å². The van der Waals surface area contributed by atoms with Crippen LogP contribution in [-0.2, 0) is 23.8 Å². The maximum absolute atomic E-state index is 11.3. The third kappa shape index (κ3) is 4.69. The maximum atomic E-state index is 11.3. The van der Waals surface area contributed by atoms with Crippen molar-refractivity contribution in [3.63, 3.8) is 0 Å². The van der Waals surface area contributed by atoms with Crippen LogP contribution >= 0.6 is 0 Å². The number of methoxy groups -OCH3 is 1. The number of carbonyl (C=O) groups excluding carboxylic acids is 2. The number of hydrogen-bond acceptors (Lipinski definition) is 7. The highest BCUT2D eigenvalue weighted by atomic mass is 16.7. The molecule has 4 unspecified atom stereocenters. The zero-order valence-electron chi connectivity index (χ0n) is 11.7. The van der Waals surface area contributed by atoms with Crippen LogP contribution in [0.2, 0.25) is 0 Å². The first-order valence-electron chi connectivity index (χ1n) is 6.13. The van der Waals surface area contributed by atoms with Gasteiger partial charge in [-0.2, -0.15) is 0 Å². The summed E-state index contributed by atoms with van der Waals surface area (Å²) in [5.74, 6) is -0.734. The molecule has 1 fully saturated rings. The number of hydrogen-bond donors (Lipinski definition) is 2. The number of amides is 1. The molecular formula is C11H19N4O5+. The lowest BCUT2D eigenvalue weighted by atomic mass is 9.98. The SMILES string of the molecule is COC1CC(NC(C)=O)C(OC(C)=O)C(CN=[N+]=N)O1. The molecule has 1 amide bonds. The average molecular weight is 287 g/mol. The Morgan fingerprint density at radius 1 is 1.50 bits per heavy atom. The molecule has 1 saturated heterocycles. The van der Waals surface area contributed by atoms with Crippen molar-refractivity contribution in [1.29, 1.82) is 5.53 Å². The van der Waals surface area contributed by atoms with E-state index in [0.717, 1.165) is 0 Å². The van der Waals surface area contributed by atoms with Crippen molar-refractivity contribution in [2.75, 3.05) is 13.7 Å². The number of carbonyl (C=O) groups is 2. The molecule has 0 aromatic rings. The van der Waals surface area contributed by atoms with Crippen LogP contribution in [0.4, 0.5) is 0 Å². The van der Waals surface area contributed by atoms with E-state index in [0.29, 0.717) is 6.42 Å². The highest BCUT2D eigenvalue weighted by molar-refractivity contribution is 5.73. The molecule has 4 atom stereocenters. The van der Waals surface area contributed by atoms with Crippen molar-refractivity contribution in [3.05, 3.63) is 0 Å². The molecule has 0 radical (unpaired) electrons. The quantitative estimate of drug-likeness (QED) is 0.409. The number of rotatable bonds is 5. The molecule has 1 aliphatic heterocycles. The van der Waals surface area contributed by atoms with E-state index in [1.165, 1.54) is 21.0 Å². The van der Waals surface area contributed by atoms with E-state index in [1.54, 1.807) is 0 Å². The topological polar surface area (TPSA) is 124 Å². The lowest BCUT2D eigenvalue weighted by molar-refractivity contribution is -0.225. The van der Waals surface area contributed by atoms with Gasteiger partial charge < -0.3 is 19.5 Å². The largest absolute Gasteiger partial charge is 0.457 e. The van der Waals surface area contributed by atoms with Gasteiger partial charge in [-0.15, -0.1) is 0 Å². The Balaban J connectivity index is 2.91. The summed E-state index contributed by atoms with van der Waals surface area (Å²) in [5.41, 5.74) is 6.68. The van der Waals surface area contributed by atoms with Gasteiger partial charge in [0.15, 0.2) is 18.9 Å². The van der Waals surface area contributed by atoms with E-state index < -0.39 is 30.5 Å². The van der Waals surface area contributed by atoms with E-state index in [1.807, 2.05) is 0 Å². The van der Waals surface area contributed by atoms with Crippen LogP contribution in [0.3, 0.4) is 0 Å². The van der Waals surface area contributed by atoms with Crippen molar-refractivity contribution in [1.82, 2.24) is 10.2 Å². The van der Waals surface area contributed by atoms with Crippen molar-refractivity contribution in [3.8, 4) is 0 Å². The zero-order chi connectivity index (χ0) is 15.1. The second-order valence-electron chi connectivity index (χ2n) is 4.38. The Morgan fingerprint density at radius 3 is 2.70 bits per heavy atom. The molecule has 0 saturated carbocycles. The van der Waals surface area contributed by atoms with Gasteiger partial charge >= 0.3 is 5.97 Å². The number of nitrogens with zero attached hydrogens (tertiary/aromatic N) is 2. The molecular weight excluding hydrogens is 268 g/mol. The molecule has 9 heteroatoms. The minimum absolute atomic E-state index is 0.0391. The van der Waals surface area contributed by atoms with Crippen LogP contribution in [0.5, 0.6) is 0 Å². The van der Waals surface area contributed by atoms with Gasteiger partial charge in [0.1, 0.15) is 16.7 Å². The van der Waals surface area contributed by atoms with Gasteiger partial charge in [-0.1, -0.05) is 0 Å². The fourth-order valence-electron chi connectivity index (χ4n) is 2.10. The number of esters is 1. The van der Waals surface area contributed by atoms with Crippen LogP contribution in [0, 0.1) is 5.53 Å². The molecule has 112 valence electrons. The summed E-state index contributed by atoms with van der Waals surface area (Å²) >= 11 is 0. The van der Waals surface area contributed by atoms with Crippen molar-refractivity contribution >= 4 is 11.9 Å². The number of nitrogens with one attached hydrogen (secondary N) is 2. The van der Waals surface area contributed by atoms with Gasteiger partial charge in [0.05, 0.1) is 6.04 Å². The first kappa shape index (κ1) is 16.2. The molecule has 0 aromatic heterocycles. The third-order valence-corrected chi connectivity index (χ3v) is 2.82. The monoisotopic (exact) mass is 287 g/mol. The summed E-state index contributed by atoms with van der Waals surface area (Å²) in [5, 5.41) is 6.26. The van der Waals surface area contributed by atoms with Gasteiger partial charge in [-0.25, -0.2) is 0 Å². The van der Waals surface area contributed by atoms with E-state index in [9.17, 15) is 9.59 Å². The fraction of sp³-hybridized carbons (Fsp3) is 0.818. The van der Waals surface area contributed by atoms with Crippen LogP contribution in [0.1, 0.15) is 20.3 Å². The van der Waals surface area contributed by atoms with Gasteiger partial charge in [0.25, 0.3) is 0 Å². The van der Waals surface area contributed by atoms with Crippen LogP contribution in [0.25, 0.3) is 0 Å². The molecule has 0 aromatic carbocycles. The Labute approximate surface area is 116 Å². The second kappa shape index (κ2) is 7.68. The predicted molar refractivity (Wildman–Crippen MR) is 65.6 cm³/mol. The van der Waals surface area contributed by atoms with Crippen LogP contribution < -0.4 is 10.2 Å². The minimum atomic E-state index is -0.701. The third-order valence-electron chi connectivity index (χ3n) is 2.82. The fourth-order valence-corrected chi connectivity index (χ4v) is 2.10. The Morgan fingerprint density at radius 2 is 2.20 bits per heavy atom. The summed E-state index contributed by atoms with van der Waals surface area (Å²) in [6, 6.07) is -0.443. The summed E-state index contributed by atoms with van der Waals surface area (Å²) in [6.45, 7) is 2.69. The van der Waals surface area contributed by atoms with Gasteiger partial charge in [-0.05, 0) is 0 Å². The smallest absolute Gasteiger partial charge is 0.303 e. The minimum Gasteiger partial charge on any atom is -0.457 e. The molecule has 0 spiro atoms. The summed E-state index contributed by atoms with van der Waals surface area (Å²) < 4.78 is 15.9. The summed E-state index contributed by atoms with van der Waals surface area (Å²) in [7, 11) is 1.48. The van der Waals surface area contributed by atoms with Crippen molar-refractivity contribution in [2.24, 2.45) is 5.11 Å². The molecule has 1 aliphatic rings. The summed E-state index contributed by atoms with van der Waals surface area (Å²) in [6.07, 6.45) is -1.54. The molecule has 0 bridgehead atoms. The molecule has 2 N–H and O–H groups in total. The van der Waals surface area contributed by atoms with Crippen LogP contribution in [0.15, 0.2) is 5.11 Å². The normalized spacial score (nSPS) is 29.1. The average Bonchev–Trinajstić information content (AvgIpc) is 2.37. The van der Waals surface area contributed by atoms with E-state index in [2.05, 4.69) is 15.3 Å². The molecule has 9 nitrogen and oxygen atoms in total.